The van der Waals surface area contributed by atoms with Crippen molar-refractivity contribution in [1.82, 2.24) is 0 Å². The van der Waals surface area contributed by atoms with Gasteiger partial charge in [-0.15, -0.1) is 0 Å². The molecule has 0 spiro atoms. The van der Waals surface area contributed by atoms with Crippen LogP contribution in [0.15, 0.2) is 101 Å². The molecule has 3 aromatic rings. The molecule has 6 nitrogen and oxygen atoms in total. The van der Waals surface area contributed by atoms with Crippen LogP contribution >= 0.6 is 0 Å². The standard InChI is InChI=1S/C22H17N5O/c23-26-25-22(16-17-10-4-1-5-11-17)20(18-12-6-2-7-13-18)24-27(21(22)28)19-14-8-3-9-15-19/h1-15H,16H2/t22-/m0/s1. The van der Waals surface area contributed by atoms with Crippen molar-refractivity contribution in [1.29, 1.82) is 0 Å². The molecule has 0 bridgehead atoms. The van der Waals surface area contributed by atoms with Crippen molar-refractivity contribution >= 4 is 17.3 Å². The minimum atomic E-state index is -1.45. The van der Waals surface area contributed by atoms with Crippen LogP contribution in [0.3, 0.4) is 0 Å². The monoisotopic (exact) mass is 367 g/mol. The summed E-state index contributed by atoms with van der Waals surface area (Å²) in [6.45, 7) is 0. The van der Waals surface area contributed by atoms with Crippen molar-refractivity contribution in [2.75, 3.05) is 5.01 Å². The Hall–Kier alpha value is -3.89. The molecule has 1 amide bonds. The highest BCUT2D eigenvalue weighted by Crippen LogP contribution is 2.35. The number of carbonyl (C=O) groups excluding carboxylic acids is 1. The Kier molecular flexibility index (Phi) is 4.62. The van der Waals surface area contributed by atoms with E-state index in [0.717, 1.165) is 11.1 Å². The summed E-state index contributed by atoms with van der Waals surface area (Å²) in [7, 11) is 0. The van der Waals surface area contributed by atoms with E-state index in [1.165, 1.54) is 5.01 Å². The first-order valence-corrected chi connectivity index (χ1v) is 8.89. The Bertz CT molecular complexity index is 1060. The molecule has 1 aliphatic rings. The second-order valence-electron chi connectivity index (χ2n) is 6.48. The number of amides is 1. The molecular formula is C22H17N5O. The maximum atomic E-state index is 13.6. The number of carbonyl (C=O) groups is 1. The third-order valence-corrected chi connectivity index (χ3v) is 4.70. The third-order valence-electron chi connectivity index (χ3n) is 4.70. The highest BCUT2D eigenvalue weighted by Gasteiger charge is 2.51. The fraction of sp³-hybridized carbons (Fsp3) is 0.0909. The van der Waals surface area contributed by atoms with E-state index in [-0.39, 0.29) is 12.3 Å². The molecule has 1 heterocycles. The van der Waals surface area contributed by atoms with Crippen molar-refractivity contribution in [3.05, 3.63) is 113 Å². The summed E-state index contributed by atoms with van der Waals surface area (Å²) < 4.78 is 0. The van der Waals surface area contributed by atoms with Gasteiger partial charge in [-0.2, -0.15) is 10.1 Å². The Morgan fingerprint density at radius 3 is 2.07 bits per heavy atom. The Morgan fingerprint density at radius 1 is 0.893 bits per heavy atom. The SMILES string of the molecule is [N-]=[N+]=N[C@]1(Cc2ccccc2)C(=O)N(c2ccccc2)N=C1c1ccccc1. The lowest BCUT2D eigenvalue weighted by atomic mass is 9.83. The highest BCUT2D eigenvalue weighted by atomic mass is 16.2. The first-order valence-electron chi connectivity index (χ1n) is 8.89. The van der Waals surface area contributed by atoms with Crippen LogP contribution in [-0.4, -0.2) is 17.2 Å². The van der Waals surface area contributed by atoms with Gasteiger partial charge in [0.1, 0.15) is 0 Å². The van der Waals surface area contributed by atoms with E-state index in [4.69, 9.17) is 0 Å². The molecule has 0 aliphatic carbocycles. The van der Waals surface area contributed by atoms with Crippen LogP contribution in [0, 0.1) is 0 Å². The topological polar surface area (TPSA) is 81.4 Å². The van der Waals surface area contributed by atoms with Crippen LogP contribution in [0.25, 0.3) is 10.4 Å². The smallest absolute Gasteiger partial charge is 0.266 e. The number of para-hydroxylation sites is 1. The fourth-order valence-corrected chi connectivity index (χ4v) is 3.39. The summed E-state index contributed by atoms with van der Waals surface area (Å²) >= 11 is 0. The molecule has 136 valence electrons. The summed E-state index contributed by atoms with van der Waals surface area (Å²) in [5, 5.41) is 9.97. The lowest BCUT2D eigenvalue weighted by molar-refractivity contribution is -0.120. The van der Waals surface area contributed by atoms with Crippen LogP contribution in [0.5, 0.6) is 0 Å². The summed E-state index contributed by atoms with van der Waals surface area (Å²) in [6.07, 6.45) is 0.230. The van der Waals surface area contributed by atoms with E-state index in [1.807, 2.05) is 78.9 Å². The quantitative estimate of drug-likeness (QED) is 0.365. The second kappa shape index (κ2) is 7.39. The molecule has 0 unspecified atom stereocenters. The summed E-state index contributed by atoms with van der Waals surface area (Å²) in [5.74, 6) is -0.362. The Morgan fingerprint density at radius 2 is 1.46 bits per heavy atom. The molecule has 0 radical (unpaired) electrons. The first-order chi connectivity index (χ1) is 13.7. The molecule has 28 heavy (non-hydrogen) atoms. The van der Waals surface area contributed by atoms with Gasteiger partial charge in [-0.3, -0.25) is 4.79 Å². The van der Waals surface area contributed by atoms with Gasteiger partial charge >= 0.3 is 0 Å². The van der Waals surface area contributed by atoms with E-state index in [1.54, 1.807) is 12.1 Å². The maximum Gasteiger partial charge on any atom is 0.266 e. The molecule has 1 aliphatic heterocycles. The van der Waals surface area contributed by atoms with Gasteiger partial charge in [-0.05, 0) is 35.2 Å². The second-order valence-corrected chi connectivity index (χ2v) is 6.48. The minimum absolute atomic E-state index is 0.230. The van der Waals surface area contributed by atoms with E-state index in [0.29, 0.717) is 11.4 Å². The Labute approximate surface area is 162 Å². The molecule has 0 saturated heterocycles. The molecule has 0 aromatic heterocycles. The number of hydrazone groups is 1. The maximum absolute atomic E-state index is 13.6. The van der Waals surface area contributed by atoms with Crippen molar-refractivity contribution in [3.63, 3.8) is 0 Å². The van der Waals surface area contributed by atoms with E-state index in [9.17, 15) is 10.3 Å². The van der Waals surface area contributed by atoms with Crippen LogP contribution in [0.2, 0.25) is 0 Å². The van der Waals surface area contributed by atoms with Gasteiger partial charge in [0.15, 0.2) is 5.54 Å². The average molecular weight is 367 g/mol. The normalized spacial score (nSPS) is 18.5. The molecular weight excluding hydrogens is 350 g/mol. The largest absolute Gasteiger partial charge is 0.271 e. The van der Waals surface area contributed by atoms with E-state index in [2.05, 4.69) is 15.1 Å². The number of hydrogen-bond acceptors (Lipinski definition) is 3. The Balaban J connectivity index is 1.90. The number of rotatable bonds is 5. The first kappa shape index (κ1) is 17.5. The number of benzene rings is 3. The molecule has 6 heteroatoms. The van der Waals surface area contributed by atoms with Gasteiger partial charge in [0.25, 0.3) is 5.91 Å². The van der Waals surface area contributed by atoms with Gasteiger partial charge in [-0.25, -0.2) is 0 Å². The zero-order valence-electron chi connectivity index (χ0n) is 15.0. The van der Waals surface area contributed by atoms with Crippen LogP contribution < -0.4 is 5.01 Å². The molecule has 0 saturated carbocycles. The number of hydrogen-bond donors (Lipinski definition) is 0. The van der Waals surface area contributed by atoms with Gasteiger partial charge in [-0.1, -0.05) is 84.0 Å². The van der Waals surface area contributed by atoms with Gasteiger partial charge in [0.05, 0.1) is 11.4 Å². The van der Waals surface area contributed by atoms with Crippen molar-refractivity contribution in [2.24, 2.45) is 10.2 Å². The fourth-order valence-electron chi connectivity index (χ4n) is 3.39. The summed E-state index contributed by atoms with van der Waals surface area (Å²) in [6, 6.07) is 28.0. The zero-order chi connectivity index (χ0) is 19.4. The predicted molar refractivity (Wildman–Crippen MR) is 109 cm³/mol. The predicted octanol–water partition coefficient (Wildman–Crippen LogP) is 4.73. The average Bonchev–Trinajstić information content (AvgIpc) is 3.03. The number of azide groups is 1. The molecule has 4 rings (SSSR count). The zero-order valence-corrected chi connectivity index (χ0v) is 15.0. The summed E-state index contributed by atoms with van der Waals surface area (Å²) in [4.78, 5) is 16.6. The summed E-state index contributed by atoms with van der Waals surface area (Å²) in [5.41, 5.74) is 10.6. The molecule has 0 N–H and O–H groups in total. The van der Waals surface area contributed by atoms with Crippen LogP contribution in [-0.2, 0) is 11.2 Å². The van der Waals surface area contributed by atoms with Crippen molar-refractivity contribution in [2.45, 2.75) is 12.0 Å². The van der Waals surface area contributed by atoms with Crippen molar-refractivity contribution in [3.8, 4) is 0 Å². The lowest BCUT2D eigenvalue weighted by Gasteiger charge is -2.24. The van der Waals surface area contributed by atoms with Gasteiger partial charge in [0, 0.05) is 4.91 Å². The van der Waals surface area contributed by atoms with Gasteiger partial charge < -0.3 is 0 Å². The lowest BCUT2D eigenvalue weighted by Crippen LogP contribution is -2.47. The van der Waals surface area contributed by atoms with E-state index < -0.39 is 5.54 Å². The third kappa shape index (κ3) is 3.02. The van der Waals surface area contributed by atoms with E-state index >= 15 is 0 Å². The minimum Gasteiger partial charge on any atom is -0.271 e. The molecule has 3 aromatic carbocycles. The highest BCUT2D eigenvalue weighted by molar-refractivity contribution is 6.28. The number of anilines is 1. The molecule has 0 fully saturated rings. The number of nitrogens with zero attached hydrogens (tertiary/aromatic N) is 5. The van der Waals surface area contributed by atoms with Crippen LogP contribution in [0.1, 0.15) is 11.1 Å². The van der Waals surface area contributed by atoms with Gasteiger partial charge in [0.2, 0.25) is 0 Å². The van der Waals surface area contributed by atoms with Crippen LogP contribution in [0.4, 0.5) is 5.69 Å². The van der Waals surface area contributed by atoms with Crippen molar-refractivity contribution < 1.29 is 4.79 Å². The molecule has 1 atom stereocenters.